The molecule has 0 aromatic heterocycles. The minimum Gasteiger partial charge on any atom is -0.497 e. The minimum absolute atomic E-state index is 0.0597. The Morgan fingerprint density at radius 2 is 1.69 bits per heavy atom. The number of likely N-dealkylation sites (tertiary alicyclic amines) is 1. The van der Waals surface area contributed by atoms with Gasteiger partial charge >= 0.3 is 0 Å². The van der Waals surface area contributed by atoms with Gasteiger partial charge in [-0.05, 0) is 43.2 Å². The molecule has 29 heavy (non-hydrogen) atoms. The third-order valence-corrected chi connectivity index (χ3v) is 5.17. The summed E-state index contributed by atoms with van der Waals surface area (Å²) in [4.78, 5) is 27.0. The first-order chi connectivity index (χ1) is 13.9. The molecule has 2 aromatic rings. The quantitative estimate of drug-likeness (QED) is 0.794. The van der Waals surface area contributed by atoms with Gasteiger partial charge < -0.3 is 19.7 Å². The molecule has 2 aromatic carbocycles. The third kappa shape index (κ3) is 4.98. The highest BCUT2D eigenvalue weighted by atomic mass is 35.5. The number of nitrogens with zero attached hydrogens (tertiary/aromatic N) is 1. The molecule has 3 rings (SSSR count). The van der Waals surface area contributed by atoms with Crippen LogP contribution < -0.4 is 14.8 Å². The lowest BCUT2D eigenvalue weighted by Crippen LogP contribution is -2.41. The summed E-state index contributed by atoms with van der Waals surface area (Å²) in [5, 5.41) is 2.94. The second-order valence-corrected chi connectivity index (χ2v) is 7.22. The molecule has 0 atom stereocenters. The molecule has 2 amide bonds. The molecule has 0 aliphatic carbocycles. The highest BCUT2D eigenvalue weighted by Gasteiger charge is 2.28. The van der Waals surface area contributed by atoms with E-state index in [0.717, 1.165) is 0 Å². The molecule has 0 spiro atoms. The van der Waals surface area contributed by atoms with Gasteiger partial charge in [0, 0.05) is 35.7 Å². The molecule has 0 unspecified atom stereocenters. The summed E-state index contributed by atoms with van der Waals surface area (Å²) < 4.78 is 24.3. The summed E-state index contributed by atoms with van der Waals surface area (Å²) in [6.45, 7) is 0.850. The van der Waals surface area contributed by atoms with E-state index in [2.05, 4.69) is 5.32 Å². The summed E-state index contributed by atoms with van der Waals surface area (Å²) in [7, 11) is 3.05. The molecule has 1 N–H and O–H groups in total. The number of benzene rings is 2. The van der Waals surface area contributed by atoms with Crippen LogP contribution in [0.5, 0.6) is 11.5 Å². The van der Waals surface area contributed by atoms with Crippen molar-refractivity contribution >= 4 is 29.1 Å². The number of rotatable bonds is 5. The molecule has 1 aliphatic heterocycles. The Morgan fingerprint density at radius 3 is 2.28 bits per heavy atom. The summed E-state index contributed by atoms with van der Waals surface area (Å²) in [6.07, 6.45) is 0.974. The number of hydrogen-bond acceptors (Lipinski definition) is 4. The Bertz CT molecular complexity index is 891. The van der Waals surface area contributed by atoms with E-state index in [-0.39, 0.29) is 23.4 Å². The number of methoxy groups -OCH3 is 2. The molecule has 1 aliphatic rings. The Morgan fingerprint density at radius 1 is 1.07 bits per heavy atom. The van der Waals surface area contributed by atoms with Gasteiger partial charge in [0.1, 0.15) is 17.3 Å². The first kappa shape index (κ1) is 20.9. The van der Waals surface area contributed by atoms with Gasteiger partial charge in [0.15, 0.2) is 0 Å². The van der Waals surface area contributed by atoms with E-state index in [1.165, 1.54) is 32.4 Å². The van der Waals surface area contributed by atoms with Crippen LogP contribution in [0.25, 0.3) is 0 Å². The molecular formula is C21H22ClFN2O4. The highest BCUT2D eigenvalue weighted by Crippen LogP contribution is 2.26. The number of hydrogen-bond donors (Lipinski definition) is 1. The SMILES string of the molecule is COc1cc(OC)cc(C(=O)N2CCC(C(=O)Nc3cc(Cl)ccc3F)CC2)c1. The van der Waals surface area contributed by atoms with Gasteiger partial charge in [0.25, 0.3) is 5.91 Å². The van der Waals surface area contributed by atoms with Crippen molar-refractivity contribution in [2.75, 3.05) is 32.6 Å². The van der Waals surface area contributed by atoms with Crippen LogP contribution in [0, 0.1) is 11.7 Å². The van der Waals surface area contributed by atoms with Crippen LogP contribution in [0.2, 0.25) is 5.02 Å². The lowest BCUT2D eigenvalue weighted by Gasteiger charge is -2.31. The lowest BCUT2D eigenvalue weighted by atomic mass is 9.95. The van der Waals surface area contributed by atoms with Crippen LogP contribution in [0.3, 0.4) is 0 Å². The van der Waals surface area contributed by atoms with Crippen molar-refractivity contribution in [3.63, 3.8) is 0 Å². The number of halogens is 2. The Balaban J connectivity index is 1.62. The standard InChI is InChI=1S/C21H22ClFN2O4/c1-28-16-9-14(10-17(12-16)29-2)21(27)25-7-5-13(6-8-25)20(26)24-19-11-15(22)3-4-18(19)23/h3-4,9-13H,5-8H2,1-2H3,(H,24,26). The zero-order chi connectivity index (χ0) is 21.0. The van der Waals surface area contributed by atoms with Crippen molar-refractivity contribution < 1.29 is 23.5 Å². The monoisotopic (exact) mass is 420 g/mol. The normalized spacial score (nSPS) is 14.4. The highest BCUT2D eigenvalue weighted by molar-refractivity contribution is 6.30. The van der Waals surface area contributed by atoms with Crippen molar-refractivity contribution in [3.05, 3.63) is 52.8 Å². The van der Waals surface area contributed by atoms with Crippen LogP contribution in [0.1, 0.15) is 23.2 Å². The Kier molecular flexibility index (Phi) is 6.59. The summed E-state index contributed by atoms with van der Waals surface area (Å²) in [6, 6.07) is 9.02. The zero-order valence-corrected chi connectivity index (χ0v) is 17.0. The van der Waals surface area contributed by atoms with Gasteiger partial charge in [-0.15, -0.1) is 0 Å². The average molecular weight is 421 g/mol. The third-order valence-electron chi connectivity index (χ3n) is 4.94. The molecule has 0 radical (unpaired) electrons. The fraction of sp³-hybridized carbons (Fsp3) is 0.333. The van der Waals surface area contributed by atoms with Gasteiger partial charge in [0.2, 0.25) is 5.91 Å². The molecule has 8 heteroatoms. The average Bonchev–Trinajstić information content (AvgIpc) is 2.75. The van der Waals surface area contributed by atoms with Crippen LogP contribution in [-0.4, -0.2) is 44.0 Å². The molecule has 154 valence electrons. The van der Waals surface area contributed by atoms with Crippen LogP contribution >= 0.6 is 11.6 Å². The second-order valence-electron chi connectivity index (χ2n) is 6.78. The molecule has 0 saturated carbocycles. The van der Waals surface area contributed by atoms with Gasteiger partial charge in [-0.3, -0.25) is 9.59 Å². The first-order valence-corrected chi connectivity index (χ1v) is 9.57. The van der Waals surface area contributed by atoms with Crippen molar-refractivity contribution in [2.24, 2.45) is 5.92 Å². The van der Waals surface area contributed by atoms with Crippen LogP contribution in [-0.2, 0) is 4.79 Å². The largest absolute Gasteiger partial charge is 0.497 e. The molecular weight excluding hydrogens is 399 g/mol. The van der Waals surface area contributed by atoms with Crippen LogP contribution in [0.4, 0.5) is 10.1 Å². The van der Waals surface area contributed by atoms with E-state index in [9.17, 15) is 14.0 Å². The van der Waals surface area contributed by atoms with E-state index < -0.39 is 5.82 Å². The van der Waals surface area contributed by atoms with Gasteiger partial charge in [-0.1, -0.05) is 11.6 Å². The van der Waals surface area contributed by atoms with E-state index in [1.54, 1.807) is 23.1 Å². The summed E-state index contributed by atoms with van der Waals surface area (Å²) in [5.74, 6) is -0.209. The van der Waals surface area contributed by atoms with E-state index in [0.29, 0.717) is 48.0 Å². The second kappa shape index (κ2) is 9.13. The first-order valence-electron chi connectivity index (χ1n) is 9.19. The van der Waals surface area contributed by atoms with Gasteiger partial charge in [-0.25, -0.2) is 4.39 Å². The summed E-state index contributed by atoms with van der Waals surface area (Å²) >= 11 is 5.86. The molecule has 1 saturated heterocycles. The fourth-order valence-electron chi connectivity index (χ4n) is 3.29. The smallest absolute Gasteiger partial charge is 0.254 e. The van der Waals surface area contributed by atoms with Gasteiger partial charge in [0.05, 0.1) is 19.9 Å². The van der Waals surface area contributed by atoms with Crippen molar-refractivity contribution in [3.8, 4) is 11.5 Å². The van der Waals surface area contributed by atoms with Crippen molar-refractivity contribution in [2.45, 2.75) is 12.8 Å². The molecule has 0 bridgehead atoms. The number of ether oxygens (including phenoxy) is 2. The Hall–Kier alpha value is -2.80. The predicted octanol–water partition coefficient (Wildman–Crippen LogP) is 3.99. The predicted molar refractivity (Wildman–Crippen MR) is 108 cm³/mol. The molecule has 1 heterocycles. The number of anilines is 1. The number of carbonyl (C=O) groups excluding carboxylic acids is 2. The van der Waals surface area contributed by atoms with E-state index in [4.69, 9.17) is 21.1 Å². The number of amides is 2. The zero-order valence-electron chi connectivity index (χ0n) is 16.2. The maximum Gasteiger partial charge on any atom is 0.254 e. The minimum atomic E-state index is -0.540. The van der Waals surface area contributed by atoms with Crippen molar-refractivity contribution in [1.29, 1.82) is 0 Å². The van der Waals surface area contributed by atoms with Crippen LogP contribution in [0.15, 0.2) is 36.4 Å². The number of carbonyl (C=O) groups is 2. The van der Waals surface area contributed by atoms with E-state index >= 15 is 0 Å². The maximum atomic E-state index is 13.8. The summed E-state index contributed by atoms with van der Waals surface area (Å²) in [5.41, 5.74) is 0.523. The topological polar surface area (TPSA) is 67.9 Å². The van der Waals surface area contributed by atoms with Crippen molar-refractivity contribution in [1.82, 2.24) is 4.90 Å². The fourth-order valence-corrected chi connectivity index (χ4v) is 3.46. The Labute approximate surface area is 173 Å². The maximum absolute atomic E-state index is 13.8. The molecule has 6 nitrogen and oxygen atoms in total. The van der Waals surface area contributed by atoms with Gasteiger partial charge in [-0.2, -0.15) is 0 Å². The number of nitrogens with one attached hydrogen (secondary N) is 1. The number of piperidine rings is 1. The lowest BCUT2D eigenvalue weighted by molar-refractivity contribution is -0.121. The van der Waals surface area contributed by atoms with E-state index in [1.807, 2.05) is 0 Å². The molecule has 1 fully saturated rings.